The van der Waals surface area contributed by atoms with E-state index in [0.717, 1.165) is 66.7 Å². The quantitative estimate of drug-likeness (QED) is 0.155. The number of carbonyl (C=O) groups excluding carboxylic acids is 4. The Hall–Kier alpha value is -13.7. The van der Waals surface area contributed by atoms with E-state index in [9.17, 15) is 38.4 Å². The topological polar surface area (TPSA) is 442 Å². The Labute approximate surface area is 630 Å². The van der Waals surface area contributed by atoms with Crippen molar-refractivity contribution in [1.29, 1.82) is 0 Å². The van der Waals surface area contributed by atoms with Gasteiger partial charge in [-0.1, -0.05) is 108 Å². The molecule has 5 aromatic carbocycles. The number of carbonyl (C=O) groups is 4. The van der Waals surface area contributed by atoms with Crippen LogP contribution in [0.25, 0.3) is 43.6 Å². The molecule has 1 saturated heterocycles. The van der Waals surface area contributed by atoms with Gasteiger partial charge in [-0.15, -0.1) is 0 Å². The van der Waals surface area contributed by atoms with Crippen LogP contribution in [0.15, 0.2) is 184 Å². The second-order valence-electron chi connectivity index (χ2n) is 24.1. The van der Waals surface area contributed by atoms with E-state index in [-0.39, 0.29) is 46.0 Å². The van der Waals surface area contributed by atoms with Crippen molar-refractivity contribution in [3.8, 4) is 0 Å². The van der Waals surface area contributed by atoms with Gasteiger partial charge in [0.15, 0.2) is 23.3 Å². The highest BCUT2D eigenvalue weighted by atomic mass is 16.5. The normalized spacial score (nSPS) is 11.5. The number of rotatable bonds is 4. The Kier molecular flexibility index (Phi) is 32.5. The molecule has 1 fully saturated rings. The fourth-order valence-corrected chi connectivity index (χ4v) is 9.26. The molecule has 2 aliphatic rings. The van der Waals surface area contributed by atoms with Crippen LogP contribution in [0.2, 0.25) is 0 Å². The molecule has 0 spiro atoms. The zero-order valence-corrected chi connectivity index (χ0v) is 64.1. The maximum atomic E-state index is 11.7. The summed E-state index contributed by atoms with van der Waals surface area (Å²) in [6, 6.07) is 36.5. The molecular formula is C76H87N21O13. The summed E-state index contributed by atoms with van der Waals surface area (Å²) in [5, 5.41) is 17.5. The summed E-state index contributed by atoms with van der Waals surface area (Å²) in [6.45, 7) is 21.0. The first-order valence-electron chi connectivity index (χ1n) is 34.0. The molecule has 14 aromatic rings. The largest absolute Gasteiger partial charge is 0.382 e. The number of aromatic nitrogens is 18. The number of hydrogen-bond acceptors (Lipinski definition) is 28. The van der Waals surface area contributed by atoms with Gasteiger partial charge in [-0.25, -0.2) is 29.7 Å². The van der Waals surface area contributed by atoms with Gasteiger partial charge in [0.2, 0.25) is 35.4 Å². The smallest absolute Gasteiger partial charge is 0.328 e. The Morgan fingerprint density at radius 1 is 0.482 bits per heavy atom. The number of H-pyrrole nitrogens is 1. The van der Waals surface area contributed by atoms with Crippen LogP contribution < -0.4 is 28.1 Å². The van der Waals surface area contributed by atoms with E-state index in [1.807, 2.05) is 102 Å². The van der Waals surface area contributed by atoms with Crippen molar-refractivity contribution in [2.24, 2.45) is 21.1 Å². The van der Waals surface area contributed by atoms with Gasteiger partial charge < -0.3 is 38.1 Å². The second kappa shape index (κ2) is 41.9. The number of aromatic amines is 1. The Balaban J connectivity index is 0.000000190. The number of nitrogens with one attached hydrogen (secondary N) is 1. The molecule has 0 aliphatic carbocycles. The van der Waals surface area contributed by atoms with Crippen LogP contribution in [0, 0.1) is 55.4 Å². The highest BCUT2D eigenvalue weighted by Crippen LogP contribution is 2.21. The molecule has 2 aliphatic heterocycles. The van der Waals surface area contributed by atoms with Crippen molar-refractivity contribution in [3.63, 3.8) is 0 Å². The molecule has 11 heterocycles. The molecule has 574 valence electrons. The minimum Gasteiger partial charge on any atom is -0.382 e. The van der Waals surface area contributed by atoms with E-state index >= 15 is 0 Å². The molecule has 9 aromatic heterocycles. The minimum absolute atomic E-state index is 0.000556. The van der Waals surface area contributed by atoms with E-state index in [2.05, 4.69) is 84.5 Å². The van der Waals surface area contributed by atoms with Gasteiger partial charge in [-0.05, 0) is 82.3 Å². The van der Waals surface area contributed by atoms with Crippen LogP contribution in [-0.4, -0.2) is 144 Å². The van der Waals surface area contributed by atoms with Crippen molar-refractivity contribution in [3.05, 3.63) is 263 Å². The number of ether oxygens (including phenoxy) is 1. The average Bonchev–Trinajstić information content (AvgIpc) is 1.59. The van der Waals surface area contributed by atoms with Gasteiger partial charge in [-0.3, -0.25) is 57.5 Å². The number of nitrogens with zero attached hydrogens (tertiary/aromatic N) is 19. The van der Waals surface area contributed by atoms with Crippen molar-refractivity contribution in [2.45, 2.75) is 108 Å². The summed E-state index contributed by atoms with van der Waals surface area (Å²) in [5.74, 6) is 6.39. The number of amides is 4. The Morgan fingerprint density at radius 2 is 0.964 bits per heavy atom. The fraction of sp³-hybridized carbons (Fsp3) is 0.289. The van der Waals surface area contributed by atoms with E-state index in [1.54, 1.807) is 140 Å². The third kappa shape index (κ3) is 25.0. The van der Waals surface area contributed by atoms with E-state index in [0.29, 0.717) is 99.2 Å². The van der Waals surface area contributed by atoms with Crippen LogP contribution in [0.4, 0.5) is 5.82 Å². The van der Waals surface area contributed by atoms with Gasteiger partial charge >= 0.3 is 5.69 Å². The molecule has 34 heteroatoms. The van der Waals surface area contributed by atoms with Gasteiger partial charge in [0.05, 0.1) is 61.4 Å². The molecule has 0 atom stereocenters. The van der Waals surface area contributed by atoms with Crippen LogP contribution in [0.1, 0.15) is 124 Å². The number of hydrogen-bond donors (Lipinski definition) is 2. The summed E-state index contributed by atoms with van der Waals surface area (Å²) >= 11 is 0. The number of likely N-dealkylation sites (tertiary alicyclic amines) is 1. The fourth-order valence-electron chi connectivity index (χ4n) is 9.26. The molecule has 4 amide bonds. The monoisotopic (exact) mass is 1500 g/mol. The SMILES string of the molecule is CCc1noc(C)n1.CN1C(=O)CCC1=O.CN1C(=O)c2ccccc2C1=O.COCc1noc(C)n1.Cc1nc(C(C)C)no1.Cc1nc2ccccc2c(=O)n1C.Cc1nccnc1N.Cc1ncnc2ccccc12.Cc1noc(C)n1.Cn1c(=O)[nH]c2ccccc2c1=O.Cn1cnc2ccccc2c1=O. The number of anilines is 1. The lowest BCUT2D eigenvalue weighted by Gasteiger charge is -2.03. The average molecular weight is 1500 g/mol. The first-order valence-corrected chi connectivity index (χ1v) is 34.0. The van der Waals surface area contributed by atoms with Gasteiger partial charge in [-0.2, -0.15) is 19.9 Å². The highest BCUT2D eigenvalue weighted by Gasteiger charge is 2.32. The van der Waals surface area contributed by atoms with Crippen molar-refractivity contribution >= 4 is 73.1 Å². The lowest BCUT2D eigenvalue weighted by Crippen LogP contribution is -2.32. The summed E-state index contributed by atoms with van der Waals surface area (Å²) in [6.07, 6.45) is 7.96. The zero-order chi connectivity index (χ0) is 80.7. The first kappa shape index (κ1) is 85.3. The number of nitrogens with two attached hydrogens (primary N) is 1. The first-order chi connectivity index (χ1) is 52.4. The number of benzene rings is 5. The standard InChI is InChI=1S/C10H10N2O.C9H8N2O2.C9H8N2O.C9H8N2.C9H7NO2.C6H10N2O.C5H7N3.C5H8N2O2.C5H8N2O.C5H7NO2.C4H6N2O/c1-7-11-9-6-4-3-5-8(9)10(13)12(7)2;1-11-8(12)6-4-2-3-5-7(6)10-9(11)13;1-11-6-10-8-5-3-2-4-7(8)9(11)12;1-7-8-4-2-3-5-9(8)11-6-10-7;1-10-8(11)6-4-2-3-5-7(6)9(10)12;1-4(2)6-7-5(3)9-8-6;1-4-5(6)8-3-2-7-4;1-4-6-5(3-8-2)7-9-4;1-3-5-6-4(2)8-7-5;1-6-4(7)2-3-5(6)8;1-3-5-4(2)7-6-3/h3-6H,1-2H3;2-5H,1H3,(H,10,13);2-6H,1H3;2-6H,1H3;2-5H,1H3;4H,1-3H3;2-3H,1H3,(H2,6,8);3H2,1-2H3;3H2,1-2H3;2-3H2,1H3;1-2H3. The Bertz CT molecular complexity index is 5550. The minimum atomic E-state index is -0.385. The third-order valence-corrected chi connectivity index (χ3v) is 15.4. The summed E-state index contributed by atoms with van der Waals surface area (Å²) in [5.41, 5.74) is 10.7. The molecule has 3 N–H and O–H groups in total. The second-order valence-corrected chi connectivity index (χ2v) is 24.1. The molecule has 0 saturated carbocycles. The summed E-state index contributed by atoms with van der Waals surface area (Å²) in [4.78, 5) is 134. The maximum Gasteiger partial charge on any atom is 0.328 e. The predicted octanol–water partition coefficient (Wildman–Crippen LogP) is 9.04. The number of fused-ring (bicyclic) bond motifs is 5. The number of methoxy groups -OCH3 is 1. The van der Waals surface area contributed by atoms with Crippen LogP contribution in [-0.2, 0) is 48.5 Å². The van der Waals surface area contributed by atoms with Gasteiger partial charge in [0, 0.05) is 119 Å². The highest BCUT2D eigenvalue weighted by molar-refractivity contribution is 6.21. The van der Waals surface area contributed by atoms with Crippen molar-refractivity contribution in [1.82, 2.24) is 99.0 Å². The number of para-hydroxylation sites is 4. The molecule has 0 unspecified atom stereocenters. The summed E-state index contributed by atoms with van der Waals surface area (Å²) < 4.78 is 27.6. The lowest BCUT2D eigenvalue weighted by molar-refractivity contribution is -0.136. The van der Waals surface area contributed by atoms with Crippen LogP contribution in [0.5, 0.6) is 0 Å². The zero-order valence-electron chi connectivity index (χ0n) is 64.1. The Morgan fingerprint density at radius 3 is 1.41 bits per heavy atom. The van der Waals surface area contributed by atoms with E-state index in [4.69, 9.17) is 19.5 Å². The molecule has 0 bridgehead atoms. The van der Waals surface area contributed by atoms with Crippen molar-refractivity contribution in [2.75, 3.05) is 26.9 Å². The molecule has 110 heavy (non-hydrogen) atoms. The molecule has 0 radical (unpaired) electrons. The summed E-state index contributed by atoms with van der Waals surface area (Å²) in [7, 11) is 9.47. The van der Waals surface area contributed by atoms with Crippen LogP contribution in [0.3, 0.4) is 0 Å². The third-order valence-electron chi connectivity index (χ3n) is 15.4. The van der Waals surface area contributed by atoms with E-state index < -0.39 is 0 Å². The lowest BCUT2D eigenvalue weighted by atomic mass is 10.1. The molecule has 34 nitrogen and oxygen atoms in total. The van der Waals surface area contributed by atoms with Gasteiger partial charge in [0.1, 0.15) is 24.6 Å². The van der Waals surface area contributed by atoms with Crippen LogP contribution >= 0.6 is 0 Å². The molecular weight excluding hydrogens is 1410 g/mol. The van der Waals surface area contributed by atoms with E-state index in [1.165, 1.54) is 36.9 Å². The predicted molar refractivity (Wildman–Crippen MR) is 409 cm³/mol. The number of imide groups is 2. The maximum absolute atomic E-state index is 11.7. The number of aryl methyl sites for hydroxylation is 10. The number of nitrogen functional groups attached to an aromatic ring is 1. The van der Waals surface area contributed by atoms with Crippen molar-refractivity contribution < 1.29 is 42.0 Å². The van der Waals surface area contributed by atoms with Gasteiger partial charge in [0.25, 0.3) is 28.5 Å². The molecule has 16 rings (SSSR count).